The lowest BCUT2D eigenvalue weighted by molar-refractivity contribution is -0.128. The highest BCUT2D eigenvalue weighted by Gasteiger charge is 2.06. The van der Waals surface area contributed by atoms with Crippen molar-refractivity contribution in [3.05, 3.63) is 0 Å². The van der Waals surface area contributed by atoms with Gasteiger partial charge in [-0.15, -0.1) is 0 Å². The third kappa shape index (κ3) is 6.58. The minimum atomic E-state index is 0.172. The van der Waals surface area contributed by atoms with Crippen LogP contribution in [-0.2, 0) is 4.79 Å². The summed E-state index contributed by atoms with van der Waals surface area (Å²) in [5.41, 5.74) is 0. The van der Waals surface area contributed by atoms with E-state index in [4.69, 9.17) is 0 Å². The van der Waals surface area contributed by atoms with Crippen LogP contribution >= 0.6 is 0 Å². The zero-order chi connectivity index (χ0) is 10.3. The summed E-state index contributed by atoms with van der Waals surface area (Å²) in [5, 5.41) is 2.86. The molecule has 1 amide bonds. The van der Waals surface area contributed by atoms with E-state index < -0.39 is 0 Å². The number of amides is 1. The zero-order valence-electron chi connectivity index (χ0n) is 9.26. The Morgan fingerprint density at radius 1 is 1.46 bits per heavy atom. The van der Waals surface area contributed by atoms with E-state index in [9.17, 15) is 4.79 Å². The number of carbonyl (C=O) groups is 1. The highest BCUT2D eigenvalue weighted by molar-refractivity contribution is 5.77. The lowest BCUT2D eigenvalue weighted by Crippen LogP contribution is -2.34. The van der Waals surface area contributed by atoms with E-state index in [0.29, 0.717) is 6.54 Å². The molecule has 1 N–H and O–H groups in total. The maximum absolute atomic E-state index is 11.3. The number of hydrogen-bond acceptors (Lipinski definition) is 2. The molecule has 0 fully saturated rings. The molecule has 0 radical (unpaired) electrons. The van der Waals surface area contributed by atoms with Gasteiger partial charge in [-0.05, 0) is 25.8 Å². The van der Waals surface area contributed by atoms with Gasteiger partial charge in [0.05, 0.1) is 6.54 Å². The lowest BCUT2D eigenvalue weighted by atomic mass is 10.1. The first-order chi connectivity index (χ1) is 6.07. The molecule has 0 aromatic carbocycles. The van der Waals surface area contributed by atoms with Crippen LogP contribution in [0.15, 0.2) is 0 Å². The van der Waals surface area contributed by atoms with E-state index in [-0.39, 0.29) is 5.91 Å². The van der Waals surface area contributed by atoms with Crippen LogP contribution in [0, 0.1) is 5.92 Å². The fourth-order valence-electron chi connectivity index (χ4n) is 1.15. The van der Waals surface area contributed by atoms with Gasteiger partial charge in [-0.3, -0.25) is 4.79 Å². The van der Waals surface area contributed by atoms with Gasteiger partial charge in [-0.25, -0.2) is 0 Å². The third-order valence-electron chi connectivity index (χ3n) is 2.03. The molecule has 0 aromatic rings. The van der Waals surface area contributed by atoms with Gasteiger partial charge in [-0.2, -0.15) is 0 Å². The first-order valence-corrected chi connectivity index (χ1v) is 4.96. The Morgan fingerprint density at radius 3 is 2.54 bits per heavy atom. The fourth-order valence-corrected chi connectivity index (χ4v) is 1.15. The van der Waals surface area contributed by atoms with Gasteiger partial charge in [0, 0.05) is 13.6 Å². The van der Waals surface area contributed by atoms with Crippen molar-refractivity contribution in [1.29, 1.82) is 0 Å². The van der Waals surface area contributed by atoms with Gasteiger partial charge in [-0.1, -0.05) is 13.8 Å². The molecular formula is C10H22N2O. The molecule has 0 saturated carbocycles. The molecule has 0 heterocycles. The van der Waals surface area contributed by atoms with Crippen molar-refractivity contribution >= 4 is 5.91 Å². The monoisotopic (exact) mass is 186 g/mol. The summed E-state index contributed by atoms with van der Waals surface area (Å²) in [7, 11) is 3.65. The van der Waals surface area contributed by atoms with E-state index >= 15 is 0 Å². The summed E-state index contributed by atoms with van der Waals surface area (Å²) < 4.78 is 0. The molecule has 3 nitrogen and oxygen atoms in total. The molecular weight excluding hydrogens is 164 g/mol. The number of nitrogens with one attached hydrogen (secondary N) is 1. The second-order valence-electron chi connectivity index (χ2n) is 3.88. The van der Waals surface area contributed by atoms with Crippen molar-refractivity contribution in [2.45, 2.75) is 26.7 Å². The van der Waals surface area contributed by atoms with Crippen LogP contribution in [-0.4, -0.2) is 38.0 Å². The summed E-state index contributed by atoms with van der Waals surface area (Å²) in [6.45, 7) is 5.72. The molecule has 0 rings (SSSR count). The standard InChI is InChI=1S/C10H22N2O/c1-9(2)6-5-7-12(4)10(13)8-11-3/h9,11H,5-8H2,1-4H3. The van der Waals surface area contributed by atoms with Crippen molar-refractivity contribution < 1.29 is 4.79 Å². The Kier molecular flexibility index (Phi) is 6.59. The largest absolute Gasteiger partial charge is 0.345 e. The highest BCUT2D eigenvalue weighted by atomic mass is 16.2. The van der Waals surface area contributed by atoms with Crippen molar-refractivity contribution in [2.75, 3.05) is 27.2 Å². The molecule has 0 saturated heterocycles. The van der Waals surface area contributed by atoms with Gasteiger partial charge < -0.3 is 10.2 Å². The lowest BCUT2D eigenvalue weighted by Gasteiger charge is -2.17. The number of likely N-dealkylation sites (N-methyl/N-ethyl adjacent to an activating group) is 2. The normalized spacial score (nSPS) is 10.5. The maximum Gasteiger partial charge on any atom is 0.236 e. The molecule has 13 heavy (non-hydrogen) atoms. The predicted octanol–water partition coefficient (Wildman–Crippen LogP) is 1.10. The second kappa shape index (κ2) is 6.89. The molecule has 0 aromatic heterocycles. The minimum Gasteiger partial charge on any atom is -0.345 e. The molecule has 3 heteroatoms. The maximum atomic E-state index is 11.3. The molecule has 0 unspecified atom stereocenters. The first-order valence-electron chi connectivity index (χ1n) is 4.96. The van der Waals surface area contributed by atoms with Gasteiger partial charge in [0.15, 0.2) is 0 Å². The van der Waals surface area contributed by atoms with E-state index in [2.05, 4.69) is 19.2 Å². The first kappa shape index (κ1) is 12.4. The van der Waals surface area contributed by atoms with Crippen LogP contribution in [0.25, 0.3) is 0 Å². The summed E-state index contributed by atoms with van der Waals surface area (Å²) >= 11 is 0. The van der Waals surface area contributed by atoms with E-state index in [0.717, 1.165) is 18.9 Å². The van der Waals surface area contributed by atoms with Crippen molar-refractivity contribution in [3.8, 4) is 0 Å². The average Bonchev–Trinajstić information content (AvgIpc) is 2.04. The van der Waals surface area contributed by atoms with E-state index in [1.165, 1.54) is 6.42 Å². The Morgan fingerprint density at radius 2 is 2.08 bits per heavy atom. The zero-order valence-corrected chi connectivity index (χ0v) is 9.26. The Labute approximate surface area is 81.5 Å². The topological polar surface area (TPSA) is 32.3 Å². The molecule has 0 bridgehead atoms. The number of hydrogen-bond donors (Lipinski definition) is 1. The third-order valence-corrected chi connectivity index (χ3v) is 2.03. The van der Waals surface area contributed by atoms with Crippen LogP contribution in [0.5, 0.6) is 0 Å². The van der Waals surface area contributed by atoms with Gasteiger partial charge in [0.2, 0.25) is 5.91 Å². The SMILES string of the molecule is CNCC(=O)N(C)CCCC(C)C. The summed E-state index contributed by atoms with van der Waals surface area (Å²) in [6.07, 6.45) is 2.29. The van der Waals surface area contributed by atoms with Crippen LogP contribution in [0.3, 0.4) is 0 Å². The number of rotatable bonds is 6. The summed E-state index contributed by atoms with van der Waals surface area (Å²) in [6, 6.07) is 0. The Hall–Kier alpha value is -0.570. The van der Waals surface area contributed by atoms with Crippen LogP contribution < -0.4 is 5.32 Å². The predicted molar refractivity (Wildman–Crippen MR) is 55.6 cm³/mol. The summed E-state index contributed by atoms with van der Waals surface area (Å²) in [4.78, 5) is 13.1. The van der Waals surface area contributed by atoms with E-state index in [1.54, 1.807) is 11.9 Å². The van der Waals surface area contributed by atoms with Gasteiger partial charge in [0.1, 0.15) is 0 Å². The summed E-state index contributed by atoms with van der Waals surface area (Å²) in [5.74, 6) is 0.902. The van der Waals surface area contributed by atoms with Crippen LogP contribution in [0.1, 0.15) is 26.7 Å². The van der Waals surface area contributed by atoms with Crippen molar-refractivity contribution in [2.24, 2.45) is 5.92 Å². The smallest absolute Gasteiger partial charge is 0.236 e. The van der Waals surface area contributed by atoms with Crippen molar-refractivity contribution in [1.82, 2.24) is 10.2 Å². The van der Waals surface area contributed by atoms with Crippen molar-refractivity contribution in [3.63, 3.8) is 0 Å². The molecule has 0 atom stereocenters. The van der Waals surface area contributed by atoms with Crippen LogP contribution in [0.4, 0.5) is 0 Å². The fraction of sp³-hybridized carbons (Fsp3) is 0.900. The highest BCUT2D eigenvalue weighted by Crippen LogP contribution is 2.03. The molecule has 0 aliphatic heterocycles. The molecule has 0 aliphatic rings. The molecule has 0 aliphatic carbocycles. The molecule has 78 valence electrons. The Bertz CT molecular complexity index is 146. The Balaban J connectivity index is 3.49. The van der Waals surface area contributed by atoms with Gasteiger partial charge >= 0.3 is 0 Å². The van der Waals surface area contributed by atoms with Crippen LogP contribution in [0.2, 0.25) is 0 Å². The quantitative estimate of drug-likeness (QED) is 0.673. The van der Waals surface area contributed by atoms with Gasteiger partial charge in [0.25, 0.3) is 0 Å². The van der Waals surface area contributed by atoms with E-state index in [1.807, 2.05) is 7.05 Å². The second-order valence-corrected chi connectivity index (χ2v) is 3.88. The minimum absolute atomic E-state index is 0.172. The molecule has 0 spiro atoms. The number of nitrogens with zero attached hydrogens (tertiary/aromatic N) is 1. The average molecular weight is 186 g/mol. The number of carbonyl (C=O) groups excluding carboxylic acids is 1.